The number of hydrogen-bond acceptors (Lipinski definition) is 0. The third-order valence-electron chi connectivity index (χ3n) is 4.47. The van der Waals surface area contributed by atoms with Crippen molar-refractivity contribution in [2.24, 2.45) is 11.8 Å². The van der Waals surface area contributed by atoms with Gasteiger partial charge in [0.05, 0.1) is 0 Å². The van der Waals surface area contributed by atoms with Crippen molar-refractivity contribution < 1.29 is 29.1 Å². The van der Waals surface area contributed by atoms with Gasteiger partial charge < -0.3 is 2.85 Å². The molecule has 2 aliphatic carbocycles. The molecular weight excluding hydrogens is 340 g/mol. The van der Waals surface area contributed by atoms with Gasteiger partial charge in [0, 0.05) is 0 Å². The fourth-order valence-corrected chi connectivity index (χ4v) is 3.98. The van der Waals surface area contributed by atoms with E-state index in [0.717, 1.165) is 20.5 Å². The van der Waals surface area contributed by atoms with Gasteiger partial charge in [0.15, 0.2) is 0 Å². The van der Waals surface area contributed by atoms with Crippen molar-refractivity contribution in [2.45, 2.75) is 41.5 Å². The van der Waals surface area contributed by atoms with E-state index in [1.54, 1.807) is 0 Å². The zero-order chi connectivity index (χ0) is 14.0. The molecule has 0 saturated carbocycles. The third-order valence-corrected chi connectivity index (χ3v) is 6.55. The van der Waals surface area contributed by atoms with E-state index in [0.29, 0.717) is 11.8 Å². The summed E-state index contributed by atoms with van der Waals surface area (Å²) in [4.78, 5) is 0. The molecule has 0 N–H and O–H groups in total. The first-order valence-corrected chi connectivity index (χ1v) is 8.81. The zero-order valence-corrected chi connectivity index (χ0v) is 20.1. The fraction of sp³-hybridized carbons (Fsp3) is 0.500. The fourth-order valence-electron chi connectivity index (χ4n) is 2.32. The minimum absolute atomic E-state index is 0. The molecule has 0 heterocycles. The molecule has 0 amide bonds. The molecule has 2 unspecified atom stereocenters. The molecule has 0 saturated heterocycles. The summed E-state index contributed by atoms with van der Waals surface area (Å²) in [5.41, 5.74) is 6.02. The standard InChI is InChI=1S/2C8H13Si.Zr.2H/c2*1-5-4-8(9)7(3)6(5)2;;;/h2*5H,1-3,9H3;;;/q2*-1;+4;2*-1. The number of allylic oxidation sites excluding steroid dienone is 8. The van der Waals surface area contributed by atoms with Crippen LogP contribution in [-0.4, -0.2) is 20.5 Å². The van der Waals surface area contributed by atoms with Gasteiger partial charge in [-0.15, -0.1) is 13.8 Å². The normalized spacial score (nSPS) is 26.0. The van der Waals surface area contributed by atoms with E-state index in [-0.39, 0.29) is 29.1 Å². The Morgan fingerprint density at radius 1 is 0.789 bits per heavy atom. The first kappa shape index (κ1) is 19.3. The average Bonchev–Trinajstić information content (AvgIpc) is 2.66. The summed E-state index contributed by atoms with van der Waals surface area (Å²) in [5, 5.41) is 2.94. The van der Waals surface area contributed by atoms with E-state index in [2.05, 4.69) is 53.7 Å². The van der Waals surface area contributed by atoms with Gasteiger partial charge in [0.2, 0.25) is 0 Å². The van der Waals surface area contributed by atoms with Gasteiger partial charge in [-0.3, -0.25) is 12.2 Å². The van der Waals surface area contributed by atoms with Gasteiger partial charge in [-0.1, -0.05) is 39.5 Å². The van der Waals surface area contributed by atoms with Crippen LogP contribution < -0.4 is 0 Å². The monoisotopic (exact) mass is 366 g/mol. The van der Waals surface area contributed by atoms with Crippen molar-refractivity contribution in [1.82, 2.24) is 0 Å². The molecule has 19 heavy (non-hydrogen) atoms. The Labute approximate surface area is 147 Å². The Bertz CT molecular complexity index is 433. The van der Waals surface area contributed by atoms with E-state index in [1.807, 2.05) is 0 Å². The van der Waals surface area contributed by atoms with Crippen molar-refractivity contribution in [2.75, 3.05) is 0 Å². The van der Waals surface area contributed by atoms with E-state index < -0.39 is 0 Å². The van der Waals surface area contributed by atoms with E-state index in [4.69, 9.17) is 0 Å². The van der Waals surface area contributed by atoms with Crippen LogP contribution in [0.3, 0.4) is 0 Å². The molecule has 2 atom stereocenters. The summed E-state index contributed by atoms with van der Waals surface area (Å²) in [6, 6.07) is 0. The van der Waals surface area contributed by atoms with Gasteiger partial charge in [0.1, 0.15) is 0 Å². The summed E-state index contributed by atoms with van der Waals surface area (Å²) in [7, 11) is 2.32. The second kappa shape index (κ2) is 7.90. The Morgan fingerprint density at radius 3 is 1.11 bits per heavy atom. The Hall–Kier alpha value is 0.277. The van der Waals surface area contributed by atoms with Crippen LogP contribution >= 0.6 is 0 Å². The van der Waals surface area contributed by atoms with Gasteiger partial charge >= 0.3 is 26.2 Å². The van der Waals surface area contributed by atoms with E-state index in [1.165, 1.54) is 32.7 Å². The van der Waals surface area contributed by atoms with Crippen LogP contribution in [0.5, 0.6) is 0 Å². The van der Waals surface area contributed by atoms with Crippen molar-refractivity contribution in [3.8, 4) is 0 Å². The molecule has 0 aromatic rings. The van der Waals surface area contributed by atoms with Crippen molar-refractivity contribution in [3.63, 3.8) is 0 Å². The molecule has 0 aliphatic heterocycles. The van der Waals surface area contributed by atoms with Crippen LogP contribution in [0.1, 0.15) is 44.4 Å². The topological polar surface area (TPSA) is 0 Å². The van der Waals surface area contributed by atoms with Crippen LogP contribution in [0, 0.1) is 24.0 Å². The summed E-state index contributed by atoms with van der Waals surface area (Å²) >= 11 is 0. The minimum atomic E-state index is 0. The first-order valence-electron chi connectivity index (χ1n) is 6.81. The molecule has 0 radical (unpaired) electrons. The SMILES string of the molecule is CC1=C(C)C(C)[C-]=C1[SiH3].CC1=C(C)C(C)[C-]=C1[SiH3].[H-].[H-].[Zr+4]. The third kappa shape index (κ3) is 4.65. The molecule has 0 spiro atoms. The van der Waals surface area contributed by atoms with Crippen LogP contribution in [-0.2, 0) is 26.2 Å². The minimum Gasteiger partial charge on any atom is -1.00 e. The number of hydrogen-bond donors (Lipinski definition) is 0. The summed E-state index contributed by atoms with van der Waals surface area (Å²) in [6.45, 7) is 13.2. The smallest absolute Gasteiger partial charge is 1.00 e. The molecule has 0 aromatic heterocycles. The van der Waals surface area contributed by atoms with Crippen LogP contribution in [0.15, 0.2) is 32.7 Å². The molecule has 0 nitrogen and oxygen atoms in total. The maximum absolute atomic E-state index is 3.42. The Balaban J connectivity index is -0.000000270. The summed E-state index contributed by atoms with van der Waals surface area (Å²) < 4.78 is 0. The number of rotatable bonds is 0. The predicted molar refractivity (Wildman–Crippen MR) is 90.7 cm³/mol. The molecule has 0 bridgehead atoms. The predicted octanol–water partition coefficient (Wildman–Crippen LogP) is 2.27. The molecule has 0 fully saturated rings. The van der Waals surface area contributed by atoms with Gasteiger partial charge in [0.25, 0.3) is 0 Å². The van der Waals surface area contributed by atoms with Crippen LogP contribution in [0.4, 0.5) is 0 Å². The van der Waals surface area contributed by atoms with Crippen LogP contribution in [0.2, 0.25) is 0 Å². The maximum atomic E-state index is 3.42. The van der Waals surface area contributed by atoms with Gasteiger partial charge in [-0.05, 0) is 20.5 Å². The summed E-state index contributed by atoms with van der Waals surface area (Å²) in [5.74, 6) is 1.19. The Morgan fingerprint density at radius 2 is 1.05 bits per heavy atom. The van der Waals surface area contributed by atoms with Crippen molar-refractivity contribution >= 4 is 20.5 Å². The molecular formula is C16H28Si2Zr. The quantitative estimate of drug-likeness (QED) is 0.455. The van der Waals surface area contributed by atoms with E-state index in [9.17, 15) is 0 Å². The average molecular weight is 368 g/mol. The van der Waals surface area contributed by atoms with Gasteiger partial charge in [-0.25, -0.2) is 21.5 Å². The van der Waals surface area contributed by atoms with Gasteiger partial charge in [-0.2, -0.15) is 11.1 Å². The van der Waals surface area contributed by atoms with E-state index >= 15 is 0 Å². The van der Waals surface area contributed by atoms with Crippen molar-refractivity contribution in [3.05, 3.63) is 44.8 Å². The second-order valence-electron chi connectivity index (χ2n) is 5.60. The Kier molecular flexibility index (Phi) is 8.02. The second-order valence-corrected chi connectivity index (χ2v) is 7.60. The molecule has 0 aromatic carbocycles. The molecule has 2 aliphatic rings. The van der Waals surface area contributed by atoms with Crippen molar-refractivity contribution in [1.29, 1.82) is 0 Å². The maximum Gasteiger partial charge on any atom is 4.00 e. The molecule has 2 rings (SSSR count). The largest absolute Gasteiger partial charge is 4.00 e. The molecule has 3 heteroatoms. The summed E-state index contributed by atoms with van der Waals surface area (Å²) in [6.07, 6.45) is 6.84. The van der Waals surface area contributed by atoms with Crippen LogP contribution in [0.25, 0.3) is 0 Å². The first-order chi connectivity index (χ1) is 8.25. The molecule has 104 valence electrons. The zero-order valence-electron chi connectivity index (χ0n) is 15.7.